The van der Waals surface area contributed by atoms with Crippen LogP contribution >= 0.6 is 11.6 Å². The maximum Gasteiger partial charge on any atom is 0.256 e. The van der Waals surface area contributed by atoms with Crippen molar-refractivity contribution < 1.29 is 23.8 Å². The van der Waals surface area contributed by atoms with Gasteiger partial charge in [0.25, 0.3) is 5.91 Å². The Morgan fingerprint density at radius 2 is 2.17 bits per heavy atom. The summed E-state index contributed by atoms with van der Waals surface area (Å²) < 4.78 is 16.6. The highest BCUT2D eigenvalue weighted by Gasteiger charge is 2.18. The quantitative estimate of drug-likeness (QED) is 0.642. The van der Waals surface area contributed by atoms with Gasteiger partial charge in [-0.15, -0.1) is 0 Å². The minimum Gasteiger partial charge on any atom is -0.508 e. The first-order chi connectivity index (χ1) is 14.5. The normalized spacial score (nSPS) is 16.7. The van der Waals surface area contributed by atoms with Gasteiger partial charge in [-0.3, -0.25) is 4.79 Å². The fourth-order valence-electron chi connectivity index (χ4n) is 3.30. The molecule has 1 atom stereocenters. The number of aromatic hydroxyl groups is 1. The molecule has 1 amide bonds. The largest absolute Gasteiger partial charge is 0.508 e. The monoisotopic (exact) mass is 428 g/mol. The van der Waals surface area contributed by atoms with Crippen molar-refractivity contribution in [1.29, 1.82) is 0 Å². The highest BCUT2D eigenvalue weighted by molar-refractivity contribution is 6.32. The summed E-state index contributed by atoms with van der Waals surface area (Å²) in [6, 6.07) is 11.4. The molecule has 0 unspecified atom stereocenters. The molecule has 7 nitrogen and oxygen atoms in total. The van der Waals surface area contributed by atoms with E-state index in [1.807, 2.05) is 0 Å². The molecule has 1 saturated heterocycles. The second-order valence-electron chi connectivity index (χ2n) is 6.96. The number of phenols is 1. The summed E-state index contributed by atoms with van der Waals surface area (Å²) in [5, 5.41) is 13.7. The molecule has 1 aliphatic heterocycles. The van der Waals surface area contributed by atoms with Crippen molar-refractivity contribution >= 4 is 34.2 Å². The van der Waals surface area contributed by atoms with Crippen molar-refractivity contribution in [3.63, 3.8) is 0 Å². The molecule has 2 N–H and O–H groups in total. The van der Waals surface area contributed by atoms with E-state index in [9.17, 15) is 9.90 Å². The summed E-state index contributed by atoms with van der Waals surface area (Å²) in [4.78, 5) is 17.4. The van der Waals surface area contributed by atoms with Crippen molar-refractivity contribution in [1.82, 2.24) is 5.32 Å². The van der Waals surface area contributed by atoms with Gasteiger partial charge in [0, 0.05) is 24.6 Å². The number of nitrogens with zero attached hydrogens (tertiary/aromatic N) is 1. The molecular weight excluding hydrogens is 408 g/mol. The molecule has 8 heteroatoms. The molecule has 1 aliphatic rings. The van der Waals surface area contributed by atoms with Crippen LogP contribution < -0.4 is 15.6 Å². The van der Waals surface area contributed by atoms with Gasteiger partial charge in [0.15, 0.2) is 0 Å². The van der Waals surface area contributed by atoms with Crippen molar-refractivity contribution in [3.05, 3.63) is 58.6 Å². The van der Waals surface area contributed by atoms with E-state index in [1.165, 1.54) is 19.2 Å². The SMILES string of the molecule is COc1ccc(N=c2oc3cc(O)ccc3cc2C(=O)NC[C@H]2CCCO2)cc1Cl. The van der Waals surface area contributed by atoms with Crippen LogP contribution in [0.3, 0.4) is 0 Å². The van der Waals surface area contributed by atoms with Crippen LogP contribution in [-0.2, 0) is 4.74 Å². The van der Waals surface area contributed by atoms with E-state index >= 15 is 0 Å². The lowest BCUT2D eigenvalue weighted by Gasteiger charge is -2.11. The van der Waals surface area contributed by atoms with Gasteiger partial charge in [-0.2, -0.15) is 0 Å². The Kier molecular flexibility index (Phi) is 5.92. The van der Waals surface area contributed by atoms with E-state index in [4.69, 9.17) is 25.5 Å². The van der Waals surface area contributed by atoms with Gasteiger partial charge in [-0.05, 0) is 49.2 Å². The average Bonchev–Trinajstić information content (AvgIpc) is 3.25. The van der Waals surface area contributed by atoms with Crippen LogP contribution in [0.5, 0.6) is 11.5 Å². The molecular formula is C22H21ClN2O5. The molecule has 0 radical (unpaired) electrons. The van der Waals surface area contributed by atoms with Gasteiger partial charge in [0.2, 0.25) is 5.55 Å². The van der Waals surface area contributed by atoms with E-state index in [2.05, 4.69) is 10.3 Å². The number of fused-ring (bicyclic) bond motifs is 1. The van der Waals surface area contributed by atoms with Gasteiger partial charge in [-0.1, -0.05) is 11.6 Å². The summed E-state index contributed by atoms with van der Waals surface area (Å²) >= 11 is 6.19. The number of nitrogens with one attached hydrogen (secondary N) is 1. The number of amides is 1. The van der Waals surface area contributed by atoms with E-state index < -0.39 is 0 Å². The highest BCUT2D eigenvalue weighted by Crippen LogP contribution is 2.28. The second kappa shape index (κ2) is 8.77. The molecule has 156 valence electrons. The maximum atomic E-state index is 12.9. The van der Waals surface area contributed by atoms with Crippen molar-refractivity contribution in [2.75, 3.05) is 20.3 Å². The van der Waals surface area contributed by atoms with Gasteiger partial charge in [-0.25, -0.2) is 4.99 Å². The molecule has 2 heterocycles. The number of hydrogen-bond acceptors (Lipinski definition) is 6. The Labute approximate surface area is 177 Å². The fourth-order valence-corrected chi connectivity index (χ4v) is 3.55. The minimum atomic E-state index is -0.317. The summed E-state index contributed by atoms with van der Waals surface area (Å²) in [5.74, 6) is 0.258. The minimum absolute atomic E-state index is 0.0177. The molecule has 2 aromatic carbocycles. The topological polar surface area (TPSA) is 93.3 Å². The van der Waals surface area contributed by atoms with Crippen LogP contribution in [0.2, 0.25) is 5.02 Å². The van der Waals surface area contributed by atoms with Crippen molar-refractivity contribution in [2.24, 2.45) is 4.99 Å². The number of hydrogen-bond donors (Lipinski definition) is 2. The predicted molar refractivity (Wildman–Crippen MR) is 112 cm³/mol. The molecule has 0 spiro atoms. The smallest absolute Gasteiger partial charge is 0.256 e. The maximum absolute atomic E-state index is 12.9. The van der Waals surface area contributed by atoms with Gasteiger partial charge in [0.1, 0.15) is 22.6 Å². The predicted octanol–water partition coefficient (Wildman–Crippen LogP) is 3.94. The van der Waals surface area contributed by atoms with Crippen LogP contribution in [0.4, 0.5) is 5.69 Å². The van der Waals surface area contributed by atoms with Crippen LogP contribution in [0.15, 0.2) is 51.9 Å². The van der Waals surface area contributed by atoms with E-state index in [-0.39, 0.29) is 28.9 Å². The van der Waals surface area contributed by atoms with Gasteiger partial charge in [0.05, 0.1) is 23.9 Å². The number of benzene rings is 2. The Balaban J connectivity index is 1.76. The molecule has 0 bridgehead atoms. The average molecular weight is 429 g/mol. The standard InChI is InChI=1S/C22H21ClN2O5/c1-28-19-7-5-14(10-18(19)23)25-22-17(21(27)24-12-16-3-2-8-29-16)9-13-4-6-15(26)11-20(13)30-22/h4-7,9-11,16,26H,2-3,8,12H2,1H3,(H,24,27)/t16-/m1/s1. The summed E-state index contributed by atoms with van der Waals surface area (Å²) in [7, 11) is 1.53. The molecule has 1 fully saturated rings. The molecule has 0 saturated carbocycles. The third-order valence-electron chi connectivity index (χ3n) is 4.86. The third-order valence-corrected chi connectivity index (χ3v) is 5.15. The highest BCUT2D eigenvalue weighted by atomic mass is 35.5. The zero-order chi connectivity index (χ0) is 21.1. The molecule has 0 aliphatic carbocycles. The van der Waals surface area contributed by atoms with Crippen LogP contribution in [-0.4, -0.2) is 37.4 Å². The van der Waals surface area contributed by atoms with E-state index in [0.29, 0.717) is 40.6 Å². The fraction of sp³-hybridized carbons (Fsp3) is 0.273. The molecule has 4 rings (SSSR count). The van der Waals surface area contributed by atoms with Gasteiger partial charge >= 0.3 is 0 Å². The Morgan fingerprint density at radius 3 is 2.90 bits per heavy atom. The van der Waals surface area contributed by atoms with Gasteiger partial charge < -0.3 is 24.3 Å². The first kappa shape index (κ1) is 20.3. The Morgan fingerprint density at radius 1 is 1.30 bits per heavy atom. The second-order valence-corrected chi connectivity index (χ2v) is 7.37. The zero-order valence-corrected chi connectivity index (χ0v) is 17.1. The summed E-state index contributed by atoms with van der Waals surface area (Å²) in [6.07, 6.45) is 1.93. The lowest BCUT2D eigenvalue weighted by Crippen LogP contribution is -2.34. The lowest BCUT2D eigenvalue weighted by atomic mass is 10.1. The number of phenolic OH excluding ortho intramolecular Hbond substituents is 1. The first-order valence-corrected chi connectivity index (χ1v) is 9.96. The summed E-state index contributed by atoms with van der Waals surface area (Å²) in [5.41, 5.74) is 1.29. The van der Waals surface area contributed by atoms with Crippen LogP contribution in [0.25, 0.3) is 11.0 Å². The van der Waals surface area contributed by atoms with Crippen molar-refractivity contribution in [2.45, 2.75) is 18.9 Å². The molecule has 3 aromatic rings. The molecule has 1 aromatic heterocycles. The number of rotatable bonds is 5. The zero-order valence-electron chi connectivity index (χ0n) is 16.4. The number of halogens is 1. The summed E-state index contributed by atoms with van der Waals surface area (Å²) in [6.45, 7) is 1.13. The Hall–Kier alpha value is -3.03. The number of methoxy groups -OCH3 is 1. The number of carbonyl (C=O) groups is 1. The van der Waals surface area contributed by atoms with Crippen LogP contribution in [0.1, 0.15) is 23.2 Å². The number of carbonyl (C=O) groups excluding carboxylic acids is 1. The lowest BCUT2D eigenvalue weighted by molar-refractivity contribution is 0.0854. The molecule has 30 heavy (non-hydrogen) atoms. The van der Waals surface area contributed by atoms with E-state index in [0.717, 1.165) is 12.8 Å². The number of ether oxygens (including phenoxy) is 2. The third kappa shape index (κ3) is 4.42. The van der Waals surface area contributed by atoms with Crippen molar-refractivity contribution in [3.8, 4) is 11.5 Å². The Bertz CT molecular complexity index is 1150. The first-order valence-electron chi connectivity index (χ1n) is 9.58. The van der Waals surface area contributed by atoms with E-state index in [1.54, 1.807) is 30.3 Å². The van der Waals surface area contributed by atoms with Crippen LogP contribution in [0, 0.1) is 0 Å².